The van der Waals surface area contributed by atoms with Gasteiger partial charge in [0, 0.05) is 49.5 Å². The number of pyridine rings is 1. The summed E-state index contributed by atoms with van der Waals surface area (Å²) in [6.45, 7) is 10.2. The molecule has 0 saturated carbocycles. The fraction of sp³-hybridized carbons (Fsp3) is 0.667. The second-order valence-electron chi connectivity index (χ2n) is 5.08. The van der Waals surface area contributed by atoms with Gasteiger partial charge in [-0.1, -0.05) is 6.92 Å². The molecule has 1 fully saturated rings. The van der Waals surface area contributed by atoms with Gasteiger partial charge in [-0.3, -0.25) is 4.90 Å². The molecule has 0 N–H and O–H groups in total. The van der Waals surface area contributed by atoms with E-state index >= 15 is 0 Å². The van der Waals surface area contributed by atoms with Gasteiger partial charge in [-0.2, -0.15) is 0 Å². The number of hydrogen-bond acceptors (Lipinski definition) is 4. The Morgan fingerprint density at radius 1 is 1.35 bits per heavy atom. The third-order valence-corrected chi connectivity index (χ3v) is 4.31. The van der Waals surface area contributed by atoms with Crippen molar-refractivity contribution in [3.8, 4) is 0 Å². The monoisotopic (exact) mass is 341 g/mol. The number of halogens is 1. The first-order valence-electron chi connectivity index (χ1n) is 7.42. The summed E-state index contributed by atoms with van der Waals surface area (Å²) in [7, 11) is 0. The first-order valence-corrected chi connectivity index (χ1v) is 8.22. The zero-order valence-corrected chi connectivity index (χ0v) is 14.0. The van der Waals surface area contributed by atoms with Gasteiger partial charge in [0.25, 0.3) is 0 Å². The van der Waals surface area contributed by atoms with Crippen LogP contribution in [0, 0.1) is 0 Å². The van der Waals surface area contributed by atoms with Crippen LogP contribution in [0.25, 0.3) is 0 Å². The zero-order chi connectivity index (χ0) is 14.4. The van der Waals surface area contributed by atoms with Crippen LogP contribution in [-0.2, 0) is 4.74 Å². The van der Waals surface area contributed by atoms with Crippen molar-refractivity contribution in [3.05, 3.63) is 22.8 Å². The second-order valence-corrected chi connectivity index (χ2v) is 5.99. The Labute approximate surface area is 130 Å². The van der Waals surface area contributed by atoms with E-state index < -0.39 is 0 Å². The van der Waals surface area contributed by atoms with Crippen molar-refractivity contribution in [1.29, 1.82) is 0 Å². The number of aromatic nitrogens is 1. The Balaban J connectivity index is 1.92. The highest BCUT2D eigenvalue weighted by Crippen LogP contribution is 2.20. The summed E-state index contributed by atoms with van der Waals surface area (Å²) in [5, 5.41) is 0. The Kier molecular flexibility index (Phi) is 6.26. The summed E-state index contributed by atoms with van der Waals surface area (Å²) in [6, 6.07) is 4.74. The van der Waals surface area contributed by atoms with Gasteiger partial charge in [0.15, 0.2) is 0 Å². The topological polar surface area (TPSA) is 28.6 Å². The van der Waals surface area contributed by atoms with Crippen LogP contribution in [0.5, 0.6) is 0 Å². The number of rotatable bonds is 6. The molecule has 1 aromatic heterocycles. The highest BCUT2D eigenvalue weighted by atomic mass is 79.9. The number of piperazine rings is 1. The summed E-state index contributed by atoms with van der Waals surface area (Å²) in [6.07, 6.45) is 3.04. The Morgan fingerprint density at radius 3 is 2.85 bits per heavy atom. The highest BCUT2D eigenvalue weighted by Gasteiger charge is 2.25. The van der Waals surface area contributed by atoms with Crippen molar-refractivity contribution < 1.29 is 4.74 Å². The lowest BCUT2D eigenvalue weighted by Gasteiger charge is -2.41. The molecule has 112 valence electrons. The average Bonchev–Trinajstić information content (AvgIpc) is 2.48. The van der Waals surface area contributed by atoms with Gasteiger partial charge in [0.05, 0.1) is 6.61 Å². The predicted molar refractivity (Wildman–Crippen MR) is 86.3 cm³/mol. The molecular weight excluding hydrogens is 318 g/mol. The summed E-state index contributed by atoms with van der Waals surface area (Å²) < 4.78 is 6.51. The van der Waals surface area contributed by atoms with E-state index in [1.165, 1.54) is 6.42 Å². The molecule has 0 aromatic carbocycles. The van der Waals surface area contributed by atoms with Crippen LogP contribution in [0.1, 0.15) is 20.3 Å². The van der Waals surface area contributed by atoms with Crippen LogP contribution in [0.2, 0.25) is 0 Å². The van der Waals surface area contributed by atoms with Gasteiger partial charge in [-0.25, -0.2) is 4.98 Å². The van der Waals surface area contributed by atoms with E-state index in [0.29, 0.717) is 6.04 Å². The maximum absolute atomic E-state index is 5.48. The molecule has 0 aliphatic carbocycles. The van der Waals surface area contributed by atoms with Gasteiger partial charge in [-0.05, 0) is 41.4 Å². The van der Waals surface area contributed by atoms with Crippen LogP contribution in [0.3, 0.4) is 0 Å². The molecule has 1 aliphatic heterocycles. The van der Waals surface area contributed by atoms with E-state index in [-0.39, 0.29) is 0 Å². The van der Waals surface area contributed by atoms with Crippen molar-refractivity contribution in [3.63, 3.8) is 0 Å². The standard InChI is InChI=1S/C15H24BrN3O/c1-3-14-12-19(15-6-5-13(16)11-17-15)8-7-18(14)9-10-20-4-2/h5-6,11,14H,3-4,7-10,12H2,1-2H3. The van der Waals surface area contributed by atoms with Crippen LogP contribution >= 0.6 is 15.9 Å². The van der Waals surface area contributed by atoms with E-state index in [4.69, 9.17) is 4.74 Å². The zero-order valence-electron chi connectivity index (χ0n) is 12.4. The minimum atomic E-state index is 0.592. The Morgan fingerprint density at radius 2 is 2.20 bits per heavy atom. The number of ether oxygens (including phenoxy) is 1. The minimum absolute atomic E-state index is 0.592. The maximum Gasteiger partial charge on any atom is 0.128 e. The first-order chi connectivity index (χ1) is 9.74. The summed E-state index contributed by atoms with van der Waals surface area (Å²) in [4.78, 5) is 9.44. The lowest BCUT2D eigenvalue weighted by atomic mass is 10.1. The normalized spacial score (nSPS) is 20.4. The molecule has 1 aliphatic rings. The van der Waals surface area contributed by atoms with E-state index in [9.17, 15) is 0 Å². The SMILES string of the molecule is CCOCCN1CCN(c2ccc(Br)cn2)CC1CC. The second kappa shape index (κ2) is 7.96. The van der Waals surface area contributed by atoms with Gasteiger partial charge in [0.2, 0.25) is 0 Å². The summed E-state index contributed by atoms with van der Waals surface area (Å²) >= 11 is 3.44. The smallest absolute Gasteiger partial charge is 0.128 e. The lowest BCUT2D eigenvalue weighted by molar-refractivity contribution is 0.0869. The Hall–Kier alpha value is -0.650. The largest absolute Gasteiger partial charge is 0.380 e. The van der Waals surface area contributed by atoms with Crippen LogP contribution in [0.15, 0.2) is 22.8 Å². The molecule has 0 bridgehead atoms. The van der Waals surface area contributed by atoms with Crippen molar-refractivity contribution in [2.45, 2.75) is 26.3 Å². The van der Waals surface area contributed by atoms with Crippen LogP contribution in [-0.4, -0.2) is 55.3 Å². The first kappa shape index (κ1) is 15.7. The fourth-order valence-corrected chi connectivity index (χ4v) is 2.90. The van der Waals surface area contributed by atoms with E-state index in [1.807, 2.05) is 6.20 Å². The van der Waals surface area contributed by atoms with E-state index in [1.54, 1.807) is 0 Å². The van der Waals surface area contributed by atoms with Crippen molar-refractivity contribution in [2.75, 3.05) is 44.3 Å². The number of nitrogens with zero attached hydrogens (tertiary/aromatic N) is 3. The van der Waals surface area contributed by atoms with Gasteiger partial charge < -0.3 is 9.64 Å². The lowest BCUT2D eigenvalue weighted by Crippen LogP contribution is -2.54. The molecule has 0 amide bonds. The Bertz CT molecular complexity index is 399. The van der Waals surface area contributed by atoms with Gasteiger partial charge >= 0.3 is 0 Å². The third kappa shape index (κ3) is 4.17. The molecule has 20 heavy (non-hydrogen) atoms. The molecule has 2 rings (SSSR count). The number of hydrogen-bond donors (Lipinski definition) is 0. The summed E-state index contributed by atoms with van der Waals surface area (Å²) in [5.41, 5.74) is 0. The number of anilines is 1. The molecule has 0 radical (unpaired) electrons. The minimum Gasteiger partial charge on any atom is -0.380 e. The average molecular weight is 342 g/mol. The summed E-state index contributed by atoms with van der Waals surface area (Å²) in [5.74, 6) is 1.08. The van der Waals surface area contributed by atoms with Gasteiger partial charge in [0.1, 0.15) is 5.82 Å². The van der Waals surface area contributed by atoms with Crippen molar-refractivity contribution in [2.24, 2.45) is 0 Å². The highest BCUT2D eigenvalue weighted by molar-refractivity contribution is 9.10. The fourth-order valence-electron chi connectivity index (χ4n) is 2.66. The molecular formula is C15H24BrN3O. The molecule has 1 unspecified atom stereocenters. The van der Waals surface area contributed by atoms with Crippen molar-refractivity contribution in [1.82, 2.24) is 9.88 Å². The molecule has 1 saturated heterocycles. The molecule has 5 heteroatoms. The third-order valence-electron chi connectivity index (χ3n) is 3.84. The van der Waals surface area contributed by atoms with Crippen LogP contribution in [0.4, 0.5) is 5.82 Å². The molecule has 4 nitrogen and oxygen atoms in total. The van der Waals surface area contributed by atoms with E-state index in [2.05, 4.69) is 56.7 Å². The molecule has 1 atom stereocenters. The van der Waals surface area contributed by atoms with Crippen molar-refractivity contribution >= 4 is 21.7 Å². The van der Waals surface area contributed by atoms with E-state index in [0.717, 1.165) is 49.7 Å². The predicted octanol–water partition coefficient (Wildman–Crippen LogP) is 2.78. The molecule has 0 spiro atoms. The quantitative estimate of drug-likeness (QED) is 0.744. The van der Waals surface area contributed by atoms with Gasteiger partial charge in [-0.15, -0.1) is 0 Å². The molecule has 1 aromatic rings. The van der Waals surface area contributed by atoms with Crippen LogP contribution < -0.4 is 4.90 Å². The maximum atomic E-state index is 5.48. The molecule has 2 heterocycles.